The zero-order valence-corrected chi connectivity index (χ0v) is 14.3. The molecule has 0 spiro atoms. The molecule has 1 unspecified atom stereocenters. The van der Waals surface area contributed by atoms with Crippen molar-refractivity contribution < 1.29 is 14.1 Å². The van der Waals surface area contributed by atoms with Crippen LogP contribution in [0, 0.1) is 13.8 Å². The maximum absolute atomic E-state index is 12.5. The van der Waals surface area contributed by atoms with E-state index in [1.54, 1.807) is 0 Å². The van der Waals surface area contributed by atoms with Gasteiger partial charge in [0.1, 0.15) is 5.76 Å². The van der Waals surface area contributed by atoms with Gasteiger partial charge < -0.3 is 14.2 Å². The number of carbonyl (C=O) groups excluding carboxylic acids is 1. The van der Waals surface area contributed by atoms with Crippen LogP contribution in [-0.2, 0) is 22.4 Å². The second-order valence-electron chi connectivity index (χ2n) is 6.33. The van der Waals surface area contributed by atoms with Crippen molar-refractivity contribution in [3.05, 3.63) is 52.9 Å². The molecule has 2 heterocycles. The molecule has 1 aromatic carbocycles. The lowest BCUT2D eigenvalue weighted by Gasteiger charge is -2.33. The fourth-order valence-electron chi connectivity index (χ4n) is 3.20. The van der Waals surface area contributed by atoms with Gasteiger partial charge in [-0.3, -0.25) is 4.79 Å². The Bertz CT molecular complexity index is 662. The van der Waals surface area contributed by atoms with E-state index in [2.05, 4.69) is 17.3 Å². The number of aromatic nitrogens is 1. The first-order valence-corrected chi connectivity index (χ1v) is 8.48. The smallest absolute Gasteiger partial charge is 0.223 e. The highest BCUT2D eigenvalue weighted by molar-refractivity contribution is 5.76. The maximum Gasteiger partial charge on any atom is 0.223 e. The largest absolute Gasteiger partial charge is 0.374 e. The van der Waals surface area contributed by atoms with Crippen LogP contribution < -0.4 is 0 Å². The fraction of sp³-hybridized carbons (Fsp3) is 0.474. The van der Waals surface area contributed by atoms with E-state index in [0.717, 1.165) is 23.4 Å². The molecular formula is C19H24N2O3. The van der Waals surface area contributed by atoms with Crippen molar-refractivity contribution in [3.63, 3.8) is 0 Å². The number of carbonyl (C=O) groups is 1. The minimum absolute atomic E-state index is 0.0733. The molecule has 1 saturated heterocycles. The Hall–Kier alpha value is -2.14. The van der Waals surface area contributed by atoms with Crippen molar-refractivity contribution in [1.29, 1.82) is 0 Å². The summed E-state index contributed by atoms with van der Waals surface area (Å²) in [4.78, 5) is 14.5. The molecule has 0 bridgehead atoms. The number of hydrogen-bond donors (Lipinski definition) is 0. The highest BCUT2D eigenvalue weighted by Gasteiger charge is 2.24. The Labute approximate surface area is 142 Å². The normalized spacial score (nSPS) is 17.9. The number of rotatable bonds is 5. The number of ether oxygens (including phenoxy) is 1. The molecule has 1 aliphatic rings. The van der Waals surface area contributed by atoms with Crippen molar-refractivity contribution in [2.75, 3.05) is 19.7 Å². The Balaban J connectivity index is 1.53. The summed E-state index contributed by atoms with van der Waals surface area (Å²) in [7, 11) is 0. The predicted octanol–water partition coefficient (Wildman–Crippen LogP) is 2.69. The average Bonchev–Trinajstić information content (AvgIpc) is 2.92. The fourth-order valence-corrected chi connectivity index (χ4v) is 3.20. The third kappa shape index (κ3) is 4.03. The van der Waals surface area contributed by atoms with E-state index in [1.807, 2.05) is 36.9 Å². The lowest BCUT2D eigenvalue weighted by Crippen LogP contribution is -2.46. The SMILES string of the molecule is Cc1noc(C)c1CCC(=O)N1CCOC(Cc2ccccc2)C1. The molecule has 128 valence electrons. The van der Waals surface area contributed by atoms with Gasteiger partial charge in [-0.25, -0.2) is 0 Å². The molecule has 24 heavy (non-hydrogen) atoms. The van der Waals surface area contributed by atoms with Crippen LogP contribution >= 0.6 is 0 Å². The van der Waals surface area contributed by atoms with Crippen LogP contribution in [0.5, 0.6) is 0 Å². The minimum atomic E-state index is 0.0733. The van der Waals surface area contributed by atoms with Crippen molar-refractivity contribution in [2.45, 2.75) is 39.2 Å². The van der Waals surface area contributed by atoms with E-state index in [-0.39, 0.29) is 12.0 Å². The second-order valence-corrected chi connectivity index (χ2v) is 6.33. The monoisotopic (exact) mass is 328 g/mol. The van der Waals surface area contributed by atoms with Gasteiger partial charge in [-0.05, 0) is 25.8 Å². The molecule has 0 N–H and O–H groups in total. The second kappa shape index (κ2) is 7.62. The van der Waals surface area contributed by atoms with E-state index >= 15 is 0 Å². The number of nitrogens with zero attached hydrogens (tertiary/aromatic N) is 2. The number of amides is 1. The molecule has 1 aliphatic heterocycles. The van der Waals surface area contributed by atoms with Gasteiger partial charge in [0.05, 0.1) is 18.4 Å². The zero-order valence-electron chi connectivity index (χ0n) is 14.3. The number of benzene rings is 1. The molecule has 5 heteroatoms. The van der Waals surface area contributed by atoms with Crippen LogP contribution in [0.1, 0.15) is 29.0 Å². The van der Waals surface area contributed by atoms with Gasteiger partial charge >= 0.3 is 0 Å². The lowest BCUT2D eigenvalue weighted by molar-refractivity contribution is -0.138. The molecule has 2 aromatic rings. The van der Waals surface area contributed by atoms with E-state index in [4.69, 9.17) is 9.26 Å². The molecule has 0 radical (unpaired) electrons. The summed E-state index contributed by atoms with van der Waals surface area (Å²) in [6.07, 6.45) is 2.08. The highest BCUT2D eigenvalue weighted by Crippen LogP contribution is 2.17. The van der Waals surface area contributed by atoms with Gasteiger partial charge in [0.2, 0.25) is 5.91 Å². The summed E-state index contributed by atoms with van der Waals surface area (Å²) in [5, 5.41) is 3.95. The van der Waals surface area contributed by atoms with Crippen molar-refractivity contribution in [3.8, 4) is 0 Å². The van der Waals surface area contributed by atoms with Gasteiger partial charge in [0, 0.05) is 31.5 Å². The maximum atomic E-state index is 12.5. The van der Waals surface area contributed by atoms with Crippen molar-refractivity contribution >= 4 is 5.91 Å². The third-order valence-electron chi connectivity index (χ3n) is 4.57. The molecule has 1 aromatic heterocycles. The van der Waals surface area contributed by atoms with Crippen LogP contribution in [-0.4, -0.2) is 41.8 Å². The molecule has 1 amide bonds. The first kappa shape index (κ1) is 16.7. The Morgan fingerprint density at radius 3 is 2.79 bits per heavy atom. The van der Waals surface area contributed by atoms with E-state index in [0.29, 0.717) is 32.5 Å². The van der Waals surface area contributed by atoms with Crippen LogP contribution in [0.25, 0.3) is 0 Å². The topological polar surface area (TPSA) is 55.6 Å². The lowest BCUT2D eigenvalue weighted by atomic mass is 10.1. The standard InChI is InChI=1S/C19H24N2O3/c1-14-18(15(2)24-20-14)8-9-19(22)21-10-11-23-17(13-21)12-16-6-4-3-5-7-16/h3-7,17H,8-13H2,1-2H3. The van der Waals surface area contributed by atoms with Crippen molar-refractivity contribution in [2.24, 2.45) is 0 Å². The molecule has 0 saturated carbocycles. The summed E-state index contributed by atoms with van der Waals surface area (Å²) in [5.74, 6) is 0.987. The Morgan fingerprint density at radius 2 is 2.08 bits per heavy atom. The summed E-state index contributed by atoms with van der Waals surface area (Å²) in [6, 6.07) is 10.3. The van der Waals surface area contributed by atoms with Gasteiger partial charge in [0.15, 0.2) is 0 Å². The van der Waals surface area contributed by atoms with Crippen LogP contribution in [0.4, 0.5) is 0 Å². The first-order chi connectivity index (χ1) is 11.6. The predicted molar refractivity (Wildman–Crippen MR) is 90.8 cm³/mol. The number of morpholine rings is 1. The zero-order chi connectivity index (χ0) is 16.9. The van der Waals surface area contributed by atoms with Gasteiger partial charge in [-0.2, -0.15) is 0 Å². The number of hydrogen-bond acceptors (Lipinski definition) is 4. The summed E-state index contributed by atoms with van der Waals surface area (Å²) in [6.45, 7) is 5.75. The molecule has 0 aliphatic carbocycles. The quantitative estimate of drug-likeness (QED) is 0.847. The summed E-state index contributed by atoms with van der Waals surface area (Å²) in [5.41, 5.74) is 3.18. The molecular weight excluding hydrogens is 304 g/mol. The van der Waals surface area contributed by atoms with Gasteiger partial charge in [-0.1, -0.05) is 35.5 Å². The van der Waals surface area contributed by atoms with Crippen LogP contribution in [0.3, 0.4) is 0 Å². The molecule has 1 fully saturated rings. The third-order valence-corrected chi connectivity index (χ3v) is 4.57. The Kier molecular flexibility index (Phi) is 5.30. The molecule has 5 nitrogen and oxygen atoms in total. The first-order valence-electron chi connectivity index (χ1n) is 8.48. The Morgan fingerprint density at radius 1 is 1.29 bits per heavy atom. The van der Waals surface area contributed by atoms with Crippen molar-refractivity contribution in [1.82, 2.24) is 10.1 Å². The summed E-state index contributed by atoms with van der Waals surface area (Å²) < 4.78 is 11.0. The van der Waals surface area contributed by atoms with E-state index in [9.17, 15) is 4.79 Å². The highest BCUT2D eigenvalue weighted by atomic mass is 16.5. The van der Waals surface area contributed by atoms with Crippen LogP contribution in [0.15, 0.2) is 34.9 Å². The van der Waals surface area contributed by atoms with Gasteiger partial charge in [0.25, 0.3) is 0 Å². The number of aryl methyl sites for hydroxylation is 2. The molecule has 1 atom stereocenters. The van der Waals surface area contributed by atoms with E-state index < -0.39 is 0 Å². The average molecular weight is 328 g/mol. The van der Waals surface area contributed by atoms with E-state index in [1.165, 1.54) is 5.56 Å². The summed E-state index contributed by atoms with van der Waals surface area (Å²) >= 11 is 0. The van der Waals surface area contributed by atoms with Crippen LogP contribution in [0.2, 0.25) is 0 Å². The minimum Gasteiger partial charge on any atom is -0.374 e. The molecule has 3 rings (SSSR count). The van der Waals surface area contributed by atoms with Gasteiger partial charge in [-0.15, -0.1) is 0 Å².